The van der Waals surface area contributed by atoms with Crippen LogP contribution in [0.4, 0.5) is 0 Å². The molecule has 2 bridgehead atoms. The molecule has 3 aliphatic heterocycles. The van der Waals surface area contributed by atoms with Crippen molar-refractivity contribution >= 4 is 33.7 Å². The maximum absolute atomic E-state index is 14.2. The zero-order valence-corrected chi connectivity index (χ0v) is 23.0. The van der Waals surface area contributed by atoms with Gasteiger partial charge in [0.1, 0.15) is 11.6 Å². The number of esters is 1. The van der Waals surface area contributed by atoms with Crippen molar-refractivity contribution in [2.45, 2.75) is 88.4 Å². The molecule has 3 aliphatic rings. The Bertz CT molecular complexity index is 807. The number of fused-ring (bicyclic) bond motifs is 1. The van der Waals surface area contributed by atoms with Crippen LogP contribution in [0.1, 0.15) is 59.8 Å². The van der Waals surface area contributed by atoms with Crippen molar-refractivity contribution in [3.8, 4) is 0 Å². The van der Waals surface area contributed by atoms with E-state index in [1.54, 1.807) is 22.8 Å². The van der Waals surface area contributed by atoms with Crippen molar-refractivity contribution in [2.24, 2.45) is 17.8 Å². The van der Waals surface area contributed by atoms with Crippen LogP contribution in [0.15, 0.2) is 12.7 Å². The highest BCUT2D eigenvalue weighted by molar-refractivity contribution is 9.09. The summed E-state index contributed by atoms with van der Waals surface area (Å²) in [6, 6.07) is -1.46. The number of hydrogen-bond acceptors (Lipinski definition) is 6. The van der Waals surface area contributed by atoms with Crippen molar-refractivity contribution in [3.05, 3.63) is 12.7 Å². The van der Waals surface area contributed by atoms with Gasteiger partial charge in [0.2, 0.25) is 11.8 Å². The van der Waals surface area contributed by atoms with Gasteiger partial charge in [0.25, 0.3) is 0 Å². The molecule has 3 rings (SSSR count). The number of hydrogen-bond donors (Lipinski definition) is 1. The molecule has 3 saturated heterocycles. The first-order chi connectivity index (χ1) is 16.7. The van der Waals surface area contributed by atoms with Crippen molar-refractivity contribution < 1.29 is 29.0 Å². The molecule has 7 atom stereocenters. The lowest BCUT2D eigenvalue weighted by Crippen LogP contribution is -2.59. The van der Waals surface area contributed by atoms with E-state index in [4.69, 9.17) is 9.47 Å². The fourth-order valence-electron chi connectivity index (χ4n) is 6.24. The summed E-state index contributed by atoms with van der Waals surface area (Å²) in [5.74, 6) is -2.36. The minimum absolute atomic E-state index is 0.179. The summed E-state index contributed by atoms with van der Waals surface area (Å²) in [5.41, 5.74) is -1.14. The Hall–Kier alpha value is -1.45. The van der Waals surface area contributed by atoms with Gasteiger partial charge >= 0.3 is 5.97 Å². The lowest BCUT2D eigenvalue weighted by Gasteiger charge is -2.39. The van der Waals surface area contributed by atoms with Gasteiger partial charge in [-0.2, -0.15) is 0 Å². The number of amides is 2. The van der Waals surface area contributed by atoms with Gasteiger partial charge in [0.05, 0.1) is 37.2 Å². The predicted octanol–water partition coefficient (Wildman–Crippen LogP) is 2.91. The van der Waals surface area contributed by atoms with Crippen LogP contribution in [0.2, 0.25) is 0 Å². The number of carbonyl (C=O) groups is 3. The van der Waals surface area contributed by atoms with Crippen LogP contribution in [0.25, 0.3) is 0 Å². The number of ether oxygens (including phenoxy) is 2. The van der Waals surface area contributed by atoms with E-state index in [9.17, 15) is 19.5 Å². The number of likely N-dealkylation sites (tertiary alicyclic amines) is 1. The fourth-order valence-corrected chi connectivity index (χ4v) is 7.18. The fraction of sp³-hybridized carbons (Fsp3) is 0.808. The molecule has 3 unspecified atom stereocenters. The highest BCUT2D eigenvalue weighted by Crippen LogP contribution is 2.60. The summed E-state index contributed by atoms with van der Waals surface area (Å²) in [5, 5.41) is 10.3. The molecule has 0 aliphatic carbocycles. The minimum atomic E-state index is -1.14. The molecule has 35 heavy (non-hydrogen) atoms. The lowest BCUT2D eigenvalue weighted by atomic mass is 9.70. The molecule has 3 heterocycles. The Balaban J connectivity index is 2.08. The van der Waals surface area contributed by atoms with E-state index in [1.807, 2.05) is 13.8 Å². The second-order valence-electron chi connectivity index (χ2n) is 10.4. The smallest absolute Gasteiger partial charge is 0.312 e. The second kappa shape index (κ2) is 11.7. The predicted molar refractivity (Wildman–Crippen MR) is 136 cm³/mol. The van der Waals surface area contributed by atoms with Crippen LogP contribution < -0.4 is 0 Å². The third kappa shape index (κ3) is 5.05. The summed E-state index contributed by atoms with van der Waals surface area (Å²) >= 11 is 3.66. The van der Waals surface area contributed by atoms with Gasteiger partial charge in [-0.25, -0.2) is 0 Å². The van der Waals surface area contributed by atoms with Gasteiger partial charge in [0.15, 0.2) is 0 Å². The molecule has 0 aromatic rings. The monoisotopic (exact) mass is 556 g/mol. The minimum Gasteiger partial charge on any atom is -0.466 e. The molecule has 8 nitrogen and oxygen atoms in total. The number of nitrogens with zero attached hydrogens (tertiary/aromatic N) is 2. The summed E-state index contributed by atoms with van der Waals surface area (Å²) in [7, 11) is 0. The number of aliphatic hydroxyl groups is 1. The van der Waals surface area contributed by atoms with Crippen molar-refractivity contribution in [1.29, 1.82) is 0 Å². The van der Waals surface area contributed by atoms with Crippen LogP contribution in [-0.4, -0.2) is 87.6 Å². The van der Waals surface area contributed by atoms with E-state index in [2.05, 4.69) is 29.4 Å². The van der Waals surface area contributed by atoms with Crippen LogP contribution in [0.3, 0.4) is 0 Å². The Morgan fingerprint density at radius 3 is 2.66 bits per heavy atom. The van der Waals surface area contributed by atoms with Gasteiger partial charge in [0, 0.05) is 17.9 Å². The van der Waals surface area contributed by atoms with Crippen molar-refractivity contribution in [2.75, 3.05) is 26.3 Å². The zero-order valence-electron chi connectivity index (χ0n) is 21.5. The number of unbranched alkanes of at least 4 members (excludes halogenated alkanes) is 2. The number of carbonyl (C=O) groups excluding carboxylic acids is 3. The average Bonchev–Trinajstić information content (AvgIpc) is 3.40. The Morgan fingerprint density at radius 1 is 1.37 bits per heavy atom. The van der Waals surface area contributed by atoms with E-state index >= 15 is 0 Å². The van der Waals surface area contributed by atoms with E-state index in [0.29, 0.717) is 25.9 Å². The maximum atomic E-state index is 14.2. The molecule has 1 N–H and O–H groups in total. The quantitative estimate of drug-likeness (QED) is 0.162. The van der Waals surface area contributed by atoms with Crippen LogP contribution >= 0.6 is 15.9 Å². The Morgan fingerprint density at radius 2 is 2.09 bits per heavy atom. The molecular formula is C26H41BrN2O6. The first kappa shape index (κ1) is 28.1. The number of alkyl halides is 1. The van der Waals surface area contributed by atoms with E-state index in [-0.39, 0.29) is 35.8 Å². The van der Waals surface area contributed by atoms with Crippen LogP contribution in [0.5, 0.6) is 0 Å². The number of aliphatic hydroxyl groups excluding tert-OH is 1. The normalized spacial score (nSPS) is 32.1. The average molecular weight is 558 g/mol. The summed E-state index contributed by atoms with van der Waals surface area (Å²) < 4.78 is 11.8. The molecule has 0 aromatic heterocycles. The lowest BCUT2D eigenvalue weighted by molar-refractivity contribution is -0.156. The first-order valence-corrected chi connectivity index (χ1v) is 13.9. The Kier molecular flexibility index (Phi) is 9.43. The summed E-state index contributed by atoms with van der Waals surface area (Å²) in [6.07, 6.45) is 4.99. The van der Waals surface area contributed by atoms with Gasteiger partial charge in [-0.15, -0.1) is 6.58 Å². The highest BCUT2D eigenvalue weighted by atomic mass is 79.9. The summed E-state index contributed by atoms with van der Waals surface area (Å²) in [4.78, 5) is 44.4. The van der Waals surface area contributed by atoms with E-state index in [0.717, 1.165) is 19.3 Å². The Labute approximate surface area is 217 Å². The molecule has 3 fully saturated rings. The van der Waals surface area contributed by atoms with Gasteiger partial charge in [-0.1, -0.05) is 55.6 Å². The number of rotatable bonds is 13. The molecule has 9 heteroatoms. The zero-order chi connectivity index (χ0) is 25.9. The van der Waals surface area contributed by atoms with Crippen LogP contribution in [-0.2, 0) is 23.9 Å². The van der Waals surface area contributed by atoms with Gasteiger partial charge < -0.3 is 24.4 Å². The molecule has 1 spiro atoms. The standard InChI is InChI=1S/C26H41BrN2O6/c1-6-9-10-12-28(11-7-2)24(32)22-26-14-18(27)21(35-26)19(25(33)34-8-3)20(26)23(31)29(22)17(15-30)13-16(4)5/h7,16-22,30H,2,6,8-15H2,1,3-5H3/t17-,18?,19-,20+,21-,22?,26?/m1/s1. The van der Waals surface area contributed by atoms with Crippen LogP contribution in [0, 0.1) is 17.8 Å². The second-order valence-corrected chi connectivity index (χ2v) is 11.6. The molecule has 198 valence electrons. The topological polar surface area (TPSA) is 96.4 Å². The van der Waals surface area contributed by atoms with E-state index in [1.165, 1.54) is 0 Å². The highest BCUT2D eigenvalue weighted by Gasteiger charge is 2.77. The summed E-state index contributed by atoms with van der Waals surface area (Å²) in [6.45, 7) is 12.6. The SMILES string of the molecule is C=CCN(CCCCC)C(=O)C1N([C@@H](CO)CC(C)C)C(=O)[C@@H]2[C@@H](C(=O)OCC)[C@@H]3OC12CC3Br. The maximum Gasteiger partial charge on any atom is 0.312 e. The number of halogens is 1. The van der Waals surface area contributed by atoms with E-state index < -0.39 is 41.6 Å². The van der Waals surface area contributed by atoms with Gasteiger partial charge in [-0.05, 0) is 32.1 Å². The van der Waals surface area contributed by atoms with Crippen molar-refractivity contribution in [1.82, 2.24) is 9.80 Å². The molecule has 0 saturated carbocycles. The van der Waals surface area contributed by atoms with Crippen molar-refractivity contribution in [3.63, 3.8) is 0 Å². The molecular weight excluding hydrogens is 516 g/mol. The largest absolute Gasteiger partial charge is 0.466 e. The molecule has 0 radical (unpaired) electrons. The third-order valence-corrected chi connectivity index (χ3v) is 8.40. The molecule has 0 aromatic carbocycles. The third-order valence-electron chi connectivity index (χ3n) is 7.56. The molecule has 2 amide bonds. The van der Waals surface area contributed by atoms with Gasteiger partial charge in [-0.3, -0.25) is 14.4 Å². The first-order valence-electron chi connectivity index (χ1n) is 13.0.